The highest BCUT2D eigenvalue weighted by molar-refractivity contribution is 5.28. The molecule has 0 fully saturated rings. The minimum absolute atomic E-state index is 0.0904. The largest absolute Gasteiger partial charge is 0.491 e. The van der Waals surface area contributed by atoms with E-state index in [1.807, 2.05) is 31.2 Å². The Morgan fingerprint density at radius 3 is 2.21 bits per heavy atom. The zero-order valence-electron chi connectivity index (χ0n) is 9.16. The number of benzene rings is 1. The van der Waals surface area contributed by atoms with Gasteiger partial charge in [-0.2, -0.15) is 0 Å². The van der Waals surface area contributed by atoms with E-state index in [1.54, 1.807) is 0 Å². The van der Waals surface area contributed by atoms with Crippen molar-refractivity contribution >= 4 is 0 Å². The predicted octanol–water partition coefficient (Wildman–Crippen LogP) is 2.88. The van der Waals surface area contributed by atoms with Crippen molar-refractivity contribution in [3.8, 4) is 5.75 Å². The Kier molecular flexibility index (Phi) is 3.96. The van der Waals surface area contributed by atoms with Gasteiger partial charge in [0.1, 0.15) is 5.75 Å². The quantitative estimate of drug-likeness (QED) is 0.798. The molecule has 0 aliphatic rings. The molecule has 2 N–H and O–H groups in total. The molecule has 0 saturated carbocycles. The van der Waals surface area contributed by atoms with Gasteiger partial charge in [0.15, 0.2) is 0 Å². The zero-order valence-corrected chi connectivity index (χ0v) is 9.16. The van der Waals surface area contributed by atoms with Crippen LogP contribution in [0.25, 0.3) is 0 Å². The van der Waals surface area contributed by atoms with Gasteiger partial charge in [0.05, 0.1) is 6.10 Å². The molecule has 0 bridgehead atoms. The Bertz CT molecular complexity index is 266. The van der Waals surface area contributed by atoms with Crippen molar-refractivity contribution in [2.45, 2.75) is 39.3 Å². The van der Waals surface area contributed by atoms with Gasteiger partial charge in [-0.1, -0.05) is 19.1 Å². The van der Waals surface area contributed by atoms with E-state index < -0.39 is 0 Å². The van der Waals surface area contributed by atoms with Gasteiger partial charge >= 0.3 is 0 Å². The van der Waals surface area contributed by atoms with Crippen molar-refractivity contribution in [2.24, 2.45) is 5.73 Å². The first kappa shape index (κ1) is 11.1. The smallest absolute Gasteiger partial charge is 0.119 e. The Balaban J connectivity index is 2.64. The maximum Gasteiger partial charge on any atom is 0.119 e. The predicted molar refractivity (Wildman–Crippen MR) is 59.4 cm³/mol. The summed E-state index contributed by atoms with van der Waals surface area (Å²) < 4.78 is 5.66. The lowest BCUT2D eigenvalue weighted by atomic mass is 10.1. The van der Waals surface area contributed by atoms with E-state index in [0.29, 0.717) is 0 Å². The van der Waals surface area contributed by atoms with Crippen LogP contribution in [-0.2, 0) is 0 Å². The van der Waals surface area contributed by atoms with E-state index in [2.05, 4.69) is 13.8 Å². The molecule has 1 rings (SSSR count). The van der Waals surface area contributed by atoms with E-state index in [9.17, 15) is 0 Å². The van der Waals surface area contributed by atoms with Crippen LogP contribution in [0.15, 0.2) is 24.3 Å². The summed E-state index contributed by atoms with van der Waals surface area (Å²) >= 11 is 0. The average Bonchev–Trinajstić information content (AvgIpc) is 2.18. The molecule has 78 valence electrons. The summed E-state index contributed by atoms with van der Waals surface area (Å²) in [6.45, 7) is 6.16. The summed E-state index contributed by atoms with van der Waals surface area (Å²) in [5.41, 5.74) is 6.89. The maximum atomic E-state index is 5.75. The summed E-state index contributed by atoms with van der Waals surface area (Å²) in [6.07, 6.45) is 1.30. The second-order valence-corrected chi connectivity index (χ2v) is 3.69. The molecule has 0 spiro atoms. The number of hydrogen-bond donors (Lipinski definition) is 1. The molecule has 0 aromatic heterocycles. The normalized spacial score (nSPS) is 14.9. The molecule has 0 aliphatic heterocycles. The van der Waals surface area contributed by atoms with Gasteiger partial charge in [0.2, 0.25) is 0 Å². The van der Waals surface area contributed by atoms with Gasteiger partial charge in [0.25, 0.3) is 0 Å². The lowest BCUT2D eigenvalue weighted by molar-refractivity contribution is 0.217. The standard InChI is InChI=1S/C12H19NO/c1-4-9(2)14-12-7-5-11(6-8-12)10(3)13/h5-10H,4,13H2,1-3H3/t9?,10-/m0/s1. The SMILES string of the molecule is CCC(C)Oc1ccc([C@H](C)N)cc1. The molecule has 0 heterocycles. The number of nitrogens with two attached hydrogens (primary N) is 1. The van der Waals surface area contributed by atoms with Crippen molar-refractivity contribution in [1.29, 1.82) is 0 Å². The highest BCUT2D eigenvalue weighted by atomic mass is 16.5. The fourth-order valence-electron chi connectivity index (χ4n) is 1.17. The second-order valence-electron chi connectivity index (χ2n) is 3.69. The highest BCUT2D eigenvalue weighted by Crippen LogP contribution is 2.17. The van der Waals surface area contributed by atoms with E-state index in [0.717, 1.165) is 17.7 Å². The molecule has 2 atom stereocenters. The molecule has 0 amide bonds. The number of ether oxygens (including phenoxy) is 1. The van der Waals surface area contributed by atoms with E-state index in [-0.39, 0.29) is 12.1 Å². The Hall–Kier alpha value is -1.02. The first-order valence-electron chi connectivity index (χ1n) is 5.15. The molecule has 1 aromatic carbocycles. The Morgan fingerprint density at radius 2 is 1.79 bits per heavy atom. The van der Waals surface area contributed by atoms with Crippen LogP contribution in [0.3, 0.4) is 0 Å². The first-order chi connectivity index (χ1) is 6.63. The topological polar surface area (TPSA) is 35.2 Å². The van der Waals surface area contributed by atoms with Crippen LogP contribution in [0, 0.1) is 0 Å². The number of rotatable bonds is 4. The minimum Gasteiger partial charge on any atom is -0.491 e. The molecule has 0 saturated heterocycles. The molecule has 1 aromatic rings. The summed E-state index contributed by atoms with van der Waals surface area (Å²) in [5.74, 6) is 0.920. The molecular weight excluding hydrogens is 174 g/mol. The number of hydrogen-bond acceptors (Lipinski definition) is 2. The molecule has 1 unspecified atom stereocenters. The minimum atomic E-state index is 0.0904. The average molecular weight is 193 g/mol. The fraction of sp³-hybridized carbons (Fsp3) is 0.500. The summed E-state index contributed by atoms with van der Waals surface area (Å²) in [4.78, 5) is 0. The Morgan fingerprint density at radius 1 is 1.21 bits per heavy atom. The van der Waals surface area contributed by atoms with Crippen molar-refractivity contribution in [2.75, 3.05) is 0 Å². The van der Waals surface area contributed by atoms with Gasteiger partial charge in [-0.3, -0.25) is 0 Å². The summed E-state index contributed by atoms with van der Waals surface area (Å²) in [7, 11) is 0. The fourth-order valence-corrected chi connectivity index (χ4v) is 1.17. The first-order valence-corrected chi connectivity index (χ1v) is 5.15. The molecule has 2 heteroatoms. The molecule has 0 aliphatic carbocycles. The van der Waals surface area contributed by atoms with E-state index in [4.69, 9.17) is 10.5 Å². The van der Waals surface area contributed by atoms with Gasteiger partial charge in [0, 0.05) is 6.04 Å². The molecule has 2 nitrogen and oxygen atoms in total. The van der Waals surface area contributed by atoms with Crippen LogP contribution in [-0.4, -0.2) is 6.10 Å². The lowest BCUT2D eigenvalue weighted by Gasteiger charge is -2.13. The van der Waals surface area contributed by atoms with Crippen LogP contribution < -0.4 is 10.5 Å². The van der Waals surface area contributed by atoms with Crippen molar-refractivity contribution in [3.63, 3.8) is 0 Å². The van der Waals surface area contributed by atoms with Crippen LogP contribution in [0.2, 0.25) is 0 Å². The Labute approximate surface area is 86.1 Å². The van der Waals surface area contributed by atoms with Crippen molar-refractivity contribution < 1.29 is 4.74 Å². The molecular formula is C12H19NO. The van der Waals surface area contributed by atoms with Crippen LogP contribution in [0.1, 0.15) is 38.8 Å². The van der Waals surface area contributed by atoms with Crippen LogP contribution in [0.4, 0.5) is 0 Å². The lowest BCUT2D eigenvalue weighted by Crippen LogP contribution is -2.10. The third-order valence-electron chi connectivity index (χ3n) is 2.32. The van der Waals surface area contributed by atoms with Gasteiger partial charge in [-0.05, 0) is 38.0 Å². The van der Waals surface area contributed by atoms with Gasteiger partial charge in [-0.25, -0.2) is 0 Å². The van der Waals surface area contributed by atoms with Crippen molar-refractivity contribution in [3.05, 3.63) is 29.8 Å². The summed E-state index contributed by atoms with van der Waals surface area (Å²) in [6, 6.07) is 8.08. The summed E-state index contributed by atoms with van der Waals surface area (Å²) in [5, 5.41) is 0. The monoisotopic (exact) mass is 193 g/mol. The highest BCUT2D eigenvalue weighted by Gasteiger charge is 2.02. The third-order valence-corrected chi connectivity index (χ3v) is 2.32. The second kappa shape index (κ2) is 5.01. The van der Waals surface area contributed by atoms with Gasteiger partial charge in [-0.15, -0.1) is 0 Å². The third kappa shape index (κ3) is 3.04. The molecule has 0 radical (unpaired) electrons. The van der Waals surface area contributed by atoms with E-state index in [1.165, 1.54) is 0 Å². The van der Waals surface area contributed by atoms with Crippen molar-refractivity contribution in [1.82, 2.24) is 0 Å². The van der Waals surface area contributed by atoms with E-state index >= 15 is 0 Å². The molecule has 14 heavy (non-hydrogen) atoms. The van der Waals surface area contributed by atoms with Crippen LogP contribution >= 0.6 is 0 Å². The zero-order chi connectivity index (χ0) is 10.6. The van der Waals surface area contributed by atoms with Crippen LogP contribution in [0.5, 0.6) is 5.75 Å². The maximum absolute atomic E-state index is 5.75. The van der Waals surface area contributed by atoms with Gasteiger partial charge < -0.3 is 10.5 Å².